The summed E-state index contributed by atoms with van der Waals surface area (Å²) in [5, 5.41) is 24.2. The van der Waals surface area contributed by atoms with Crippen molar-refractivity contribution in [2.45, 2.75) is 6.54 Å². The van der Waals surface area contributed by atoms with Gasteiger partial charge in [0.25, 0.3) is 11.8 Å². The van der Waals surface area contributed by atoms with Crippen molar-refractivity contribution in [3.63, 3.8) is 0 Å². The third-order valence-electron chi connectivity index (χ3n) is 3.50. The fourth-order valence-corrected chi connectivity index (χ4v) is 2.83. The molecule has 0 aromatic heterocycles. The molecule has 2 aromatic carbocycles. The minimum atomic E-state index is -0.489. The Balaban J connectivity index is 1.87. The van der Waals surface area contributed by atoms with Crippen molar-refractivity contribution in [1.29, 1.82) is 0 Å². The van der Waals surface area contributed by atoms with Crippen LogP contribution in [0.1, 0.15) is 21.5 Å². The number of benzene rings is 2. The zero-order valence-corrected chi connectivity index (χ0v) is 13.9. The molecule has 0 saturated carbocycles. The van der Waals surface area contributed by atoms with Crippen molar-refractivity contribution in [1.82, 2.24) is 10.6 Å². The van der Waals surface area contributed by atoms with E-state index in [9.17, 15) is 19.8 Å². The predicted molar refractivity (Wildman–Crippen MR) is 91.2 cm³/mol. The fourth-order valence-electron chi connectivity index (χ4n) is 2.47. The molecule has 4 N–H and O–H groups in total. The minimum Gasteiger partial charge on any atom is -0.508 e. The minimum absolute atomic E-state index is 0.0465. The molecule has 0 radical (unpaired) electrons. The topological polar surface area (TPSA) is 98.7 Å². The number of hydrogen-bond donors (Lipinski definition) is 4. The van der Waals surface area contributed by atoms with Gasteiger partial charge in [-0.25, -0.2) is 0 Å². The second kappa shape index (κ2) is 6.37. The van der Waals surface area contributed by atoms with Crippen LogP contribution in [0.5, 0.6) is 11.5 Å². The normalized spacial score (nSPS) is 15.1. The van der Waals surface area contributed by atoms with Crippen LogP contribution in [-0.4, -0.2) is 22.0 Å². The summed E-state index contributed by atoms with van der Waals surface area (Å²) >= 11 is 3.33. The van der Waals surface area contributed by atoms with Gasteiger partial charge in [-0.3, -0.25) is 14.9 Å². The Morgan fingerprint density at radius 2 is 1.71 bits per heavy atom. The smallest absolute Gasteiger partial charge is 0.260 e. The van der Waals surface area contributed by atoms with Crippen molar-refractivity contribution in [3.8, 4) is 11.5 Å². The molecule has 3 rings (SSSR count). The second-order valence-electron chi connectivity index (χ2n) is 5.27. The number of nitrogens with one attached hydrogen (secondary N) is 2. The Kier molecular flexibility index (Phi) is 4.26. The molecule has 122 valence electrons. The third kappa shape index (κ3) is 3.26. The number of carbonyl (C=O) groups excluding carboxylic acids is 2. The number of halogens is 1. The molecule has 1 heterocycles. The number of phenolic OH excluding ortho intramolecular Hbond substituents is 2. The highest BCUT2D eigenvalue weighted by molar-refractivity contribution is 9.10. The zero-order valence-electron chi connectivity index (χ0n) is 12.3. The summed E-state index contributed by atoms with van der Waals surface area (Å²) in [6.07, 6.45) is 1.51. The maximum absolute atomic E-state index is 12.1. The molecular weight excluding hydrogens is 376 g/mol. The van der Waals surface area contributed by atoms with Crippen LogP contribution in [0, 0.1) is 0 Å². The predicted octanol–water partition coefficient (Wildman–Crippen LogP) is 2.26. The average molecular weight is 389 g/mol. The molecule has 0 unspecified atom stereocenters. The van der Waals surface area contributed by atoms with Crippen LogP contribution in [0.15, 0.2) is 47.1 Å². The quantitative estimate of drug-likeness (QED) is 0.477. The largest absolute Gasteiger partial charge is 0.508 e. The summed E-state index contributed by atoms with van der Waals surface area (Å²) in [7, 11) is 0. The first kappa shape index (κ1) is 16.1. The number of aromatic hydroxyl groups is 2. The lowest BCUT2D eigenvalue weighted by Gasteiger charge is -2.18. The molecule has 0 bridgehead atoms. The first-order chi connectivity index (χ1) is 11.4. The van der Waals surface area contributed by atoms with E-state index in [4.69, 9.17) is 0 Å². The summed E-state index contributed by atoms with van der Waals surface area (Å²) in [5.41, 5.74) is 1.92. The van der Waals surface area contributed by atoms with E-state index < -0.39 is 11.8 Å². The molecule has 2 aromatic rings. The van der Waals surface area contributed by atoms with E-state index in [1.54, 1.807) is 18.2 Å². The van der Waals surface area contributed by atoms with E-state index in [0.29, 0.717) is 22.3 Å². The standard InChI is InChI=1S/C17H13BrN2O4/c18-10-1-2-13-14(5-10)15(17(24)20-16(13)23)8-19-7-9-3-11(21)6-12(22)4-9/h1-6,8,19,21-22H,7H2,(H,20,23,24). The van der Waals surface area contributed by atoms with Gasteiger partial charge in [0.2, 0.25) is 0 Å². The molecule has 0 spiro atoms. The molecule has 1 aliphatic heterocycles. The summed E-state index contributed by atoms with van der Waals surface area (Å²) in [4.78, 5) is 24.0. The maximum atomic E-state index is 12.1. The SMILES string of the molecule is O=C1NC(=O)c2ccc(Br)cc2C1=CNCc1cc(O)cc(O)c1. The lowest BCUT2D eigenvalue weighted by atomic mass is 9.95. The molecular formula is C17H13BrN2O4. The molecule has 1 aliphatic rings. The van der Waals surface area contributed by atoms with Crippen LogP contribution in [0.4, 0.5) is 0 Å². The highest BCUT2D eigenvalue weighted by Gasteiger charge is 2.27. The van der Waals surface area contributed by atoms with Crippen LogP contribution >= 0.6 is 15.9 Å². The van der Waals surface area contributed by atoms with Crippen LogP contribution in [0.2, 0.25) is 0 Å². The maximum Gasteiger partial charge on any atom is 0.260 e. The average Bonchev–Trinajstić information content (AvgIpc) is 2.49. The van der Waals surface area contributed by atoms with Crippen molar-refractivity contribution >= 4 is 33.3 Å². The first-order valence-corrected chi connectivity index (χ1v) is 7.84. The van der Waals surface area contributed by atoms with Crippen LogP contribution in [-0.2, 0) is 11.3 Å². The van der Waals surface area contributed by atoms with Gasteiger partial charge in [-0.1, -0.05) is 15.9 Å². The Bertz CT molecular complexity index is 857. The van der Waals surface area contributed by atoms with E-state index in [0.717, 1.165) is 4.47 Å². The van der Waals surface area contributed by atoms with Gasteiger partial charge < -0.3 is 15.5 Å². The van der Waals surface area contributed by atoms with E-state index in [2.05, 4.69) is 26.6 Å². The van der Waals surface area contributed by atoms with Gasteiger partial charge in [-0.05, 0) is 35.9 Å². The molecule has 2 amide bonds. The van der Waals surface area contributed by atoms with Gasteiger partial charge in [0.15, 0.2) is 0 Å². The first-order valence-electron chi connectivity index (χ1n) is 7.05. The Labute approximate surface area is 145 Å². The molecule has 0 atom stereocenters. The van der Waals surface area contributed by atoms with Crippen molar-refractivity contribution in [3.05, 3.63) is 63.8 Å². The lowest BCUT2D eigenvalue weighted by molar-refractivity contribution is -0.114. The van der Waals surface area contributed by atoms with Crippen LogP contribution < -0.4 is 10.6 Å². The third-order valence-corrected chi connectivity index (χ3v) is 4.00. The van der Waals surface area contributed by atoms with Crippen LogP contribution in [0.25, 0.3) is 5.57 Å². The number of rotatable bonds is 3. The van der Waals surface area contributed by atoms with Crippen molar-refractivity contribution in [2.24, 2.45) is 0 Å². The molecule has 6 nitrogen and oxygen atoms in total. The molecule has 0 aliphatic carbocycles. The summed E-state index contributed by atoms with van der Waals surface area (Å²) in [6, 6.07) is 9.31. The fraction of sp³-hybridized carbons (Fsp3) is 0.0588. The number of amides is 2. The number of phenols is 2. The highest BCUT2D eigenvalue weighted by atomic mass is 79.9. The molecule has 24 heavy (non-hydrogen) atoms. The van der Waals surface area contributed by atoms with Gasteiger partial charge in [0.1, 0.15) is 11.5 Å². The Morgan fingerprint density at radius 3 is 2.42 bits per heavy atom. The molecule has 7 heteroatoms. The zero-order chi connectivity index (χ0) is 17.3. The van der Waals surface area contributed by atoms with Crippen molar-refractivity contribution < 1.29 is 19.8 Å². The monoisotopic (exact) mass is 388 g/mol. The lowest BCUT2D eigenvalue weighted by Crippen LogP contribution is -2.37. The van der Waals surface area contributed by atoms with Gasteiger partial charge in [-0.2, -0.15) is 0 Å². The van der Waals surface area contributed by atoms with Gasteiger partial charge >= 0.3 is 0 Å². The summed E-state index contributed by atoms with van der Waals surface area (Å²) < 4.78 is 0.757. The Hall–Kier alpha value is -2.80. The van der Waals surface area contributed by atoms with Gasteiger partial charge in [-0.15, -0.1) is 0 Å². The Morgan fingerprint density at radius 1 is 1.00 bits per heavy atom. The van der Waals surface area contributed by atoms with Gasteiger partial charge in [0, 0.05) is 34.4 Å². The van der Waals surface area contributed by atoms with E-state index in [1.165, 1.54) is 24.4 Å². The van der Waals surface area contributed by atoms with E-state index in [1.807, 2.05) is 0 Å². The van der Waals surface area contributed by atoms with Crippen LogP contribution in [0.3, 0.4) is 0 Å². The number of carbonyl (C=O) groups is 2. The van der Waals surface area contributed by atoms with E-state index in [-0.39, 0.29) is 18.0 Å². The number of hydrogen-bond acceptors (Lipinski definition) is 5. The summed E-state index contributed by atoms with van der Waals surface area (Å²) in [6.45, 7) is 0.288. The number of fused-ring (bicyclic) bond motifs is 1. The van der Waals surface area contributed by atoms with Gasteiger partial charge in [0.05, 0.1) is 5.57 Å². The summed E-state index contributed by atoms with van der Waals surface area (Å²) in [5.74, 6) is -1.01. The molecule has 0 fully saturated rings. The second-order valence-corrected chi connectivity index (χ2v) is 6.19. The highest BCUT2D eigenvalue weighted by Crippen LogP contribution is 2.27. The van der Waals surface area contributed by atoms with E-state index >= 15 is 0 Å². The molecule has 0 saturated heterocycles. The number of imide groups is 1. The van der Waals surface area contributed by atoms with Crippen molar-refractivity contribution in [2.75, 3.05) is 0 Å².